The Hall–Kier alpha value is -3.65. The maximum absolute atomic E-state index is 13.1. The number of nitrogens with one attached hydrogen (secondary N) is 1. The molecule has 1 heterocycles. The molecule has 35 heavy (non-hydrogen) atoms. The average Bonchev–Trinajstić information content (AvgIpc) is 3.26. The van der Waals surface area contributed by atoms with Gasteiger partial charge in [-0.2, -0.15) is 5.10 Å². The first-order valence-corrected chi connectivity index (χ1v) is 11.5. The number of anilines is 1. The van der Waals surface area contributed by atoms with Crippen molar-refractivity contribution in [3.8, 4) is 11.4 Å². The van der Waals surface area contributed by atoms with E-state index in [1.807, 2.05) is 49.4 Å². The van der Waals surface area contributed by atoms with Gasteiger partial charge in [-0.25, -0.2) is 4.68 Å². The van der Waals surface area contributed by atoms with Crippen molar-refractivity contribution in [2.45, 2.75) is 33.1 Å². The zero-order valence-electron chi connectivity index (χ0n) is 21.3. The fourth-order valence-corrected chi connectivity index (χ4v) is 3.45. The molecule has 3 aromatic rings. The van der Waals surface area contributed by atoms with E-state index in [0.29, 0.717) is 24.5 Å². The molecule has 8 heteroatoms. The lowest BCUT2D eigenvalue weighted by Crippen LogP contribution is -2.40. The van der Waals surface area contributed by atoms with Crippen LogP contribution >= 0.6 is 0 Å². The standard InChI is InChI=1S/C27H34N4O4/c1-19-7-9-20(10-8-19)26(33)30(15-16-34-5)18-25(32)28-24-17-23(27(2,3)4)29-31(24)21-11-13-22(35-6)14-12-21/h7-14,17H,15-16,18H2,1-6H3,(H,28,32). The van der Waals surface area contributed by atoms with E-state index in [1.165, 1.54) is 4.90 Å². The van der Waals surface area contributed by atoms with Crippen molar-refractivity contribution in [2.24, 2.45) is 0 Å². The minimum Gasteiger partial charge on any atom is -0.497 e. The number of amides is 2. The van der Waals surface area contributed by atoms with Gasteiger partial charge in [0, 0.05) is 30.7 Å². The smallest absolute Gasteiger partial charge is 0.254 e. The Bertz CT molecular complexity index is 1150. The second-order valence-electron chi connectivity index (χ2n) is 9.41. The molecule has 0 saturated carbocycles. The highest BCUT2D eigenvalue weighted by atomic mass is 16.5. The van der Waals surface area contributed by atoms with Crippen LogP contribution in [0.15, 0.2) is 54.6 Å². The molecule has 0 bridgehead atoms. The van der Waals surface area contributed by atoms with Crippen LogP contribution in [0.1, 0.15) is 42.4 Å². The summed E-state index contributed by atoms with van der Waals surface area (Å²) in [5.41, 5.74) is 2.98. The van der Waals surface area contributed by atoms with E-state index in [-0.39, 0.29) is 23.8 Å². The van der Waals surface area contributed by atoms with Crippen molar-refractivity contribution >= 4 is 17.6 Å². The number of nitrogens with zero attached hydrogens (tertiary/aromatic N) is 3. The molecule has 0 aliphatic carbocycles. The number of benzene rings is 2. The minimum absolute atomic E-state index is 0.116. The fraction of sp³-hybridized carbons (Fsp3) is 0.370. The summed E-state index contributed by atoms with van der Waals surface area (Å²) in [6.07, 6.45) is 0. The minimum atomic E-state index is -0.323. The Morgan fingerprint density at radius 1 is 1.03 bits per heavy atom. The second kappa shape index (κ2) is 11.2. The predicted octanol–water partition coefficient (Wildman–Crippen LogP) is 4.21. The number of carbonyl (C=O) groups excluding carboxylic acids is 2. The molecule has 0 saturated heterocycles. The van der Waals surface area contributed by atoms with Crippen LogP contribution in [0.5, 0.6) is 5.75 Å². The van der Waals surface area contributed by atoms with Crippen LogP contribution in [0.3, 0.4) is 0 Å². The average molecular weight is 479 g/mol. The van der Waals surface area contributed by atoms with Gasteiger partial charge in [-0.1, -0.05) is 38.5 Å². The monoisotopic (exact) mass is 478 g/mol. The summed E-state index contributed by atoms with van der Waals surface area (Å²) in [6.45, 7) is 8.64. The van der Waals surface area contributed by atoms with Crippen molar-refractivity contribution in [2.75, 3.05) is 39.2 Å². The van der Waals surface area contributed by atoms with Crippen LogP contribution in [-0.4, -0.2) is 60.4 Å². The van der Waals surface area contributed by atoms with E-state index < -0.39 is 0 Å². The Balaban J connectivity index is 1.85. The third kappa shape index (κ3) is 6.70. The van der Waals surface area contributed by atoms with E-state index in [2.05, 4.69) is 26.1 Å². The lowest BCUT2D eigenvalue weighted by atomic mass is 9.92. The molecule has 0 aliphatic rings. The highest BCUT2D eigenvalue weighted by Gasteiger charge is 2.23. The Kier molecular flexibility index (Phi) is 8.30. The number of methoxy groups -OCH3 is 2. The van der Waals surface area contributed by atoms with Crippen LogP contribution < -0.4 is 10.1 Å². The highest BCUT2D eigenvalue weighted by molar-refractivity contribution is 5.99. The lowest BCUT2D eigenvalue weighted by Gasteiger charge is -2.22. The first-order valence-electron chi connectivity index (χ1n) is 11.5. The van der Waals surface area contributed by atoms with Crippen molar-refractivity contribution in [1.82, 2.24) is 14.7 Å². The Morgan fingerprint density at radius 3 is 2.26 bits per heavy atom. The Morgan fingerprint density at radius 2 is 1.69 bits per heavy atom. The number of hydrogen-bond acceptors (Lipinski definition) is 5. The SMILES string of the molecule is COCCN(CC(=O)Nc1cc(C(C)(C)C)nn1-c1ccc(OC)cc1)C(=O)c1ccc(C)cc1. The van der Waals surface area contributed by atoms with Crippen molar-refractivity contribution in [3.63, 3.8) is 0 Å². The van der Waals surface area contributed by atoms with Gasteiger partial charge in [0.05, 0.1) is 25.1 Å². The molecule has 0 spiro atoms. The zero-order chi connectivity index (χ0) is 25.6. The highest BCUT2D eigenvalue weighted by Crippen LogP contribution is 2.27. The molecule has 0 aliphatic heterocycles. The summed E-state index contributed by atoms with van der Waals surface area (Å²) in [5, 5.41) is 7.69. The lowest BCUT2D eigenvalue weighted by molar-refractivity contribution is -0.117. The normalized spacial score (nSPS) is 11.3. The van der Waals surface area contributed by atoms with Crippen LogP contribution in [-0.2, 0) is 14.9 Å². The molecule has 1 N–H and O–H groups in total. The van der Waals surface area contributed by atoms with Crippen molar-refractivity contribution < 1.29 is 19.1 Å². The van der Waals surface area contributed by atoms with Gasteiger partial charge in [0.15, 0.2) is 0 Å². The molecule has 0 unspecified atom stereocenters. The molecule has 0 radical (unpaired) electrons. The molecule has 8 nitrogen and oxygen atoms in total. The number of aryl methyl sites for hydroxylation is 1. The van der Waals surface area contributed by atoms with Gasteiger partial charge in [-0.3, -0.25) is 9.59 Å². The summed E-state index contributed by atoms with van der Waals surface area (Å²) in [7, 11) is 3.18. The van der Waals surface area contributed by atoms with Gasteiger partial charge in [0.2, 0.25) is 5.91 Å². The first-order chi connectivity index (χ1) is 16.6. The molecule has 1 aromatic heterocycles. The largest absolute Gasteiger partial charge is 0.497 e. The van der Waals surface area contributed by atoms with Gasteiger partial charge < -0.3 is 19.7 Å². The van der Waals surface area contributed by atoms with E-state index in [9.17, 15) is 9.59 Å². The third-order valence-corrected chi connectivity index (χ3v) is 5.55. The number of carbonyl (C=O) groups is 2. The van der Waals surface area contributed by atoms with Gasteiger partial charge in [0.1, 0.15) is 18.1 Å². The van der Waals surface area contributed by atoms with Crippen LogP contribution in [0.25, 0.3) is 5.69 Å². The molecule has 186 valence electrons. The molecule has 0 atom stereocenters. The van der Waals surface area contributed by atoms with Crippen molar-refractivity contribution in [3.05, 3.63) is 71.4 Å². The molecule has 2 amide bonds. The maximum atomic E-state index is 13.1. The molecule has 2 aromatic carbocycles. The van der Waals surface area contributed by atoms with E-state index in [4.69, 9.17) is 14.6 Å². The van der Waals surface area contributed by atoms with Gasteiger partial charge in [0.25, 0.3) is 5.91 Å². The topological polar surface area (TPSA) is 85.7 Å². The number of aromatic nitrogens is 2. The van der Waals surface area contributed by atoms with Gasteiger partial charge >= 0.3 is 0 Å². The van der Waals surface area contributed by atoms with Crippen LogP contribution in [0.2, 0.25) is 0 Å². The predicted molar refractivity (Wildman–Crippen MR) is 136 cm³/mol. The number of rotatable bonds is 9. The zero-order valence-corrected chi connectivity index (χ0v) is 21.3. The third-order valence-electron chi connectivity index (χ3n) is 5.55. The van der Waals surface area contributed by atoms with E-state index in [1.54, 1.807) is 31.0 Å². The van der Waals surface area contributed by atoms with Crippen molar-refractivity contribution in [1.29, 1.82) is 0 Å². The first kappa shape index (κ1) is 26.0. The Labute approximate surface area is 206 Å². The van der Waals surface area contributed by atoms with Gasteiger partial charge in [-0.15, -0.1) is 0 Å². The molecular formula is C27H34N4O4. The van der Waals surface area contributed by atoms with Crippen LogP contribution in [0.4, 0.5) is 5.82 Å². The van der Waals surface area contributed by atoms with E-state index in [0.717, 1.165) is 22.7 Å². The summed E-state index contributed by atoms with van der Waals surface area (Å²) in [5.74, 6) is 0.707. The van der Waals surface area contributed by atoms with Gasteiger partial charge in [-0.05, 0) is 43.3 Å². The number of ether oxygens (including phenoxy) is 2. The summed E-state index contributed by atoms with van der Waals surface area (Å²) in [6, 6.07) is 16.6. The van der Waals surface area contributed by atoms with Crippen LogP contribution in [0, 0.1) is 6.92 Å². The number of hydrogen-bond donors (Lipinski definition) is 1. The fourth-order valence-electron chi connectivity index (χ4n) is 3.45. The quantitative estimate of drug-likeness (QED) is 0.498. The maximum Gasteiger partial charge on any atom is 0.254 e. The summed E-state index contributed by atoms with van der Waals surface area (Å²) in [4.78, 5) is 27.7. The molecule has 0 fully saturated rings. The summed E-state index contributed by atoms with van der Waals surface area (Å²) >= 11 is 0. The molecule has 3 rings (SSSR count). The summed E-state index contributed by atoms with van der Waals surface area (Å²) < 4.78 is 12.1. The second-order valence-corrected chi connectivity index (χ2v) is 9.41. The molecular weight excluding hydrogens is 444 g/mol. The van der Waals surface area contributed by atoms with E-state index >= 15 is 0 Å².